The highest BCUT2D eigenvalue weighted by atomic mass is 19.3. The summed E-state index contributed by atoms with van der Waals surface area (Å²) in [5.74, 6) is -5.66. The molecule has 1 N–H and O–H groups in total. The molecule has 0 amide bonds. The monoisotopic (exact) mass is 497 g/mol. The van der Waals surface area contributed by atoms with Crippen molar-refractivity contribution in [3.63, 3.8) is 0 Å². The van der Waals surface area contributed by atoms with Crippen LogP contribution in [0.1, 0.15) is 30.3 Å². The molecule has 0 aliphatic heterocycles. The van der Waals surface area contributed by atoms with Gasteiger partial charge >= 0.3 is 0 Å². The van der Waals surface area contributed by atoms with E-state index in [-0.39, 0.29) is 31.7 Å². The summed E-state index contributed by atoms with van der Waals surface area (Å²) >= 11 is 0. The number of rotatable bonds is 10. The number of fused-ring (bicyclic) bond motifs is 1. The number of benzene rings is 2. The van der Waals surface area contributed by atoms with Gasteiger partial charge in [0, 0.05) is 36.9 Å². The minimum Gasteiger partial charge on any atom is -0.493 e. The number of aromatic nitrogens is 2. The maximum Gasteiger partial charge on any atom is 0.276 e. The van der Waals surface area contributed by atoms with E-state index in [9.17, 15) is 22.0 Å². The second-order valence-corrected chi connectivity index (χ2v) is 8.33. The Morgan fingerprint density at radius 2 is 1.89 bits per heavy atom. The highest BCUT2D eigenvalue weighted by Crippen LogP contribution is 2.44. The smallest absolute Gasteiger partial charge is 0.276 e. The van der Waals surface area contributed by atoms with Crippen LogP contribution in [0.25, 0.3) is 10.9 Å². The average Bonchev–Trinajstić information content (AvgIpc) is 3.40. The van der Waals surface area contributed by atoms with Crippen LogP contribution in [-0.2, 0) is 17.2 Å². The Kier molecular flexibility index (Phi) is 6.72. The normalized spacial score (nSPS) is 16.9. The molecule has 2 aromatic carbocycles. The first-order chi connectivity index (χ1) is 16.5. The molecule has 188 valence electrons. The summed E-state index contributed by atoms with van der Waals surface area (Å²) in [7, 11) is 1.45. The Labute approximate surface area is 198 Å². The molecule has 6 nitrogen and oxygen atoms in total. The highest BCUT2D eigenvalue weighted by molar-refractivity contribution is 5.91. The fourth-order valence-corrected chi connectivity index (χ4v) is 3.61. The summed E-state index contributed by atoms with van der Waals surface area (Å²) in [5, 5.41) is 3.50. The van der Waals surface area contributed by atoms with Gasteiger partial charge in [-0.1, -0.05) is 18.2 Å². The lowest BCUT2D eigenvalue weighted by Gasteiger charge is -2.16. The number of hydrogen-bond acceptors (Lipinski definition) is 6. The van der Waals surface area contributed by atoms with Crippen molar-refractivity contribution >= 4 is 16.7 Å². The minimum absolute atomic E-state index is 0.00710. The highest BCUT2D eigenvalue weighted by Gasteiger charge is 2.58. The van der Waals surface area contributed by atoms with E-state index in [4.69, 9.17) is 14.2 Å². The van der Waals surface area contributed by atoms with Crippen molar-refractivity contribution in [3.8, 4) is 11.5 Å². The van der Waals surface area contributed by atoms with E-state index in [2.05, 4.69) is 15.3 Å². The quantitative estimate of drug-likeness (QED) is 0.290. The molecule has 1 unspecified atom stereocenters. The first-order valence-corrected chi connectivity index (χ1v) is 10.9. The van der Waals surface area contributed by atoms with E-state index in [1.165, 1.54) is 19.2 Å². The van der Waals surface area contributed by atoms with Gasteiger partial charge in [-0.3, -0.25) is 0 Å². The van der Waals surface area contributed by atoms with Gasteiger partial charge < -0.3 is 19.5 Å². The summed E-state index contributed by atoms with van der Waals surface area (Å²) in [6, 6.07) is 7.06. The molecule has 4 rings (SSSR count). The molecular weight excluding hydrogens is 473 g/mol. The van der Waals surface area contributed by atoms with Crippen LogP contribution < -0.4 is 14.8 Å². The molecule has 0 spiro atoms. The van der Waals surface area contributed by atoms with E-state index in [1.807, 2.05) is 0 Å². The predicted octanol–water partition coefficient (Wildman–Crippen LogP) is 5.61. The maximum absolute atomic E-state index is 14.7. The zero-order chi connectivity index (χ0) is 25.4. The van der Waals surface area contributed by atoms with Crippen molar-refractivity contribution in [1.82, 2.24) is 9.97 Å². The maximum atomic E-state index is 14.7. The van der Waals surface area contributed by atoms with Crippen LogP contribution in [0.4, 0.5) is 27.8 Å². The number of nitrogens with zero attached hydrogens (tertiary/aromatic N) is 2. The van der Waals surface area contributed by atoms with E-state index >= 15 is 0 Å². The van der Waals surface area contributed by atoms with Gasteiger partial charge in [0.15, 0.2) is 11.5 Å². The number of anilines is 1. The molecule has 0 bridgehead atoms. The van der Waals surface area contributed by atoms with Crippen LogP contribution in [0.5, 0.6) is 11.5 Å². The Balaban J connectivity index is 1.55. The number of hydrogen-bond donors (Lipinski definition) is 1. The summed E-state index contributed by atoms with van der Waals surface area (Å²) < 4.78 is 84.1. The van der Waals surface area contributed by atoms with E-state index in [1.54, 1.807) is 19.1 Å². The van der Waals surface area contributed by atoms with Crippen molar-refractivity contribution in [1.29, 1.82) is 0 Å². The Morgan fingerprint density at radius 1 is 1.14 bits per heavy atom. The molecule has 35 heavy (non-hydrogen) atoms. The average molecular weight is 497 g/mol. The van der Waals surface area contributed by atoms with Crippen molar-refractivity contribution in [3.05, 3.63) is 53.1 Å². The molecule has 1 heterocycles. The number of ether oxygens (including phenoxy) is 3. The Morgan fingerprint density at radius 3 is 2.54 bits per heavy atom. The molecule has 1 atom stereocenters. The minimum atomic E-state index is -3.32. The molecule has 1 saturated carbocycles. The Hall–Kier alpha value is -3.21. The topological polar surface area (TPSA) is 65.5 Å². The zero-order valence-electron chi connectivity index (χ0n) is 19.3. The molecule has 1 fully saturated rings. The second kappa shape index (κ2) is 9.44. The first kappa shape index (κ1) is 24.9. The van der Waals surface area contributed by atoms with Crippen LogP contribution in [0, 0.1) is 12.7 Å². The van der Waals surface area contributed by atoms with Gasteiger partial charge in [-0.2, -0.15) is 0 Å². The molecule has 1 aliphatic rings. The third kappa shape index (κ3) is 5.55. The van der Waals surface area contributed by atoms with Gasteiger partial charge in [0.05, 0.1) is 24.8 Å². The number of halogens is 5. The first-order valence-electron chi connectivity index (χ1n) is 10.9. The number of alkyl halides is 4. The van der Waals surface area contributed by atoms with Gasteiger partial charge in [-0.05, 0) is 13.0 Å². The standard InChI is InChI=1S/C24H24F5N3O3/c1-13-31-17-10-18(33-3)19(34-7-8-35-20-11-24(20,28)29)9-15(17)22(32-13)30-12-14-5-4-6-16(21(14)25)23(2,26)27/h4-6,9-10,20H,7-8,11-12H2,1-3H3,(H,30,31,32). The number of aryl methyl sites for hydroxylation is 1. The van der Waals surface area contributed by atoms with E-state index in [0.717, 1.165) is 6.07 Å². The van der Waals surface area contributed by atoms with Crippen LogP contribution >= 0.6 is 0 Å². The zero-order valence-corrected chi connectivity index (χ0v) is 19.3. The van der Waals surface area contributed by atoms with Crippen molar-refractivity contribution in [2.24, 2.45) is 0 Å². The molecule has 0 saturated heterocycles. The number of nitrogens with one attached hydrogen (secondary N) is 1. The van der Waals surface area contributed by atoms with Gasteiger partial charge in [-0.15, -0.1) is 0 Å². The summed E-state index contributed by atoms with van der Waals surface area (Å²) in [5.41, 5.74) is -0.132. The lowest BCUT2D eigenvalue weighted by atomic mass is 10.0. The Bertz CT molecular complexity index is 1230. The largest absolute Gasteiger partial charge is 0.493 e. The third-order valence-electron chi connectivity index (χ3n) is 5.52. The van der Waals surface area contributed by atoms with Crippen molar-refractivity contribution in [2.45, 2.75) is 44.8 Å². The molecular formula is C24H24F5N3O3. The van der Waals surface area contributed by atoms with Crippen LogP contribution in [0.15, 0.2) is 30.3 Å². The summed E-state index contributed by atoms with van der Waals surface area (Å²) in [6.07, 6.45) is -1.37. The third-order valence-corrected chi connectivity index (χ3v) is 5.52. The SMILES string of the molecule is COc1cc2nc(C)nc(NCc3cccc(C(C)(F)F)c3F)c2cc1OCCOC1CC1(F)F. The lowest BCUT2D eigenvalue weighted by Crippen LogP contribution is -2.13. The fourth-order valence-electron chi connectivity index (χ4n) is 3.61. The second-order valence-electron chi connectivity index (χ2n) is 8.33. The van der Waals surface area contributed by atoms with Gasteiger partial charge in [0.1, 0.15) is 30.2 Å². The van der Waals surface area contributed by atoms with Gasteiger partial charge in [0.25, 0.3) is 11.8 Å². The molecule has 0 radical (unpaired) electrons. The lowest BCUT2D eigenvalue weighted by molar-refractivity contribution is 0.00398. The summed E-state index contributed by atoms with van der Waals surface area (Å²) in [6.45, 7) is 2.18. The fraction of sp³-hybridized carbons (Fsp3) is 0.417. The van der Waals surface area contributed by atoms with Crippen molar-refractivity contribution in [2.75, 3.05) is 25.6 Å². The molecule has 1 aromatic heterocycles. The van der Waals surface area contributed by atoms with Crippen LogP contribution in [0.3, 0.4) is 0 Å². The summed E-state index contributed by atoms with van der Waals surface area (Å²) in [4.78, 5) is 8.74. The molecule has 3 aromatic rings. The molecule has 1 aliphatic carbocycles. The van der Waals surface area contributed by atoms with E-state index in [0.29, 0.717) is 41.0 Å². The van der Waals surface area contributed by atoms with Crippen molar-refractivity contribution < 1.29 is 36.2 Å². The number of methoxy groups -OCH3 is 1. The molecule has 11 heteroatoms. The predicted molar refractivity (Wildman–Crippen MR) is 119 cm³/mol. The van der Waals surface area contributed by atoms with Gasteiger partial charge in [-0.25, -0.2) is 31.9 Å². The van der Waals surface area contributed by atoms with Crippen LogP contribution in [0.2, 0.25) is 0 Å². The van der Waals surface area contributed by atoms with E-state index < -0.39 is 29.3 Å². The van der Waals surface area contributed by atoms with Gasteiger partial charge in [0.2, 0.25) is 0 Å². The van der Waals surface area contributed by atoms with Crippen LogP contribution in [-0.4, -0.2) is 42.3 Å².